The molecule has 0 aromatic heterocycles. The van der Waals surface area contributed by atoms with Crippen molar-refractivity contribution in [1.82, 2.24) is 0 Å². The Bertz CT molecular complexity index is 597. The summed E-state index contributed by atoms with van der Waals surface area (Å²) >= 11 is 0. The molecule has 3 aliphatic carbocycles. The molecule has 3 saturated carbocycles. The predicted molar refractivity (Wildman–Crippen MR) is 100 cm³/mol. The third kappa shape index (κ3) is 2.62. The lowest BCUT2D eigenvalue weighted by molar-refractivity contribution is -0.182. The normalized spacial score (nSPS) is 42.7. The van der Waals surface area contributed by atoms with Crippen molar-refractivity contribution < 1.29 is 19.1 Å². The van der Waals surface area contributed by atoms with Crippen LogP contribution >= 0.6 is 0 Å². The fourth-order valence-corrected chi connectivity index (χ4v) is 6.90. The number of hydrogen-bond acceptors (Lipinski definition) is 4. The van der Waals surface area contributed by atoms with E-state index in [2.05, 4.69) is 27.7 Å². The molecule has 148 valence electrons. The van der Waals surface area contributed by atoms with Crippen molar-refractivity contribution in [3.63, 3.8) is 0 Å². The standard InChI is InChI=1S/C22H36O4/c1-13-8-9-16-20(4,5)17-12-22(13,16)11-10-21(17,6)26-19(24)15(3)14(2)18(23)25-7/h13-17H,8-12H2,1-7H3/t13?,14?,15?,16?,17?,21-,22?/m1/s1. The molecule has 7 atom stereocenters. The summed E-state index contributed by atoms with van der Waals surface area (Å²) in [5.41, 5.74) is 0.207. The summed E-state index contributed by atoms with van der Waals surface area (Å²) in [5.74, 6) is 0.312. The predicted octanol–water partition coefficient (Wildman–Crippen LogP) is 4.61. The zero-order valence-electron chi connectivity index (χ0n) is 17.6. The van der Waals surface area contributed by atoms with Gasteiger partial charge in [0.25, 0.3) is 0 Å². The molecule has 0 radical (unpaired) electrons. The highest BCUT2D eigenvalue weighted by Crippen LogP contribution is 2.73. The second-order valence-corrected chi connectivity index (χ2v) is 10.2. The number of hydrogen-bond donors (Lipinski definition) is 0. The fourth-order valence-electron chi connectivity index (χ4n) is 6.90. The quantitative estimate of drug-likeness (QED) is 0.684. The maximum absolute atomic E-state index is 12.8. The Labute approximate surface area is 158 Å². The number of esters is 2. The molecule has 3 rings (SSSR count). The molecule has 3 aliphatic rings. The molecule has 0 aliphatic heterocycles. The molecule has 3 fully saturated rings. The second kappa shape index (κ2) is 6.24. The van der Waals surface area contributed by atoms with Gasteiger partial charge in [-0.1, -0.05) is 34.6 Å². The van der Waals surface area contributed by atoms with Gasteiger partial charge in [-0.3, -0.25) is 9.59 Å². The van der Waals surface area contributed by atoms with Gasteiger partial charge < -0.3 is 9.47 Å². The average Bonchev–Trinajstić information content (AvgIpc) is 3.01. The van der Waals surface area contributed by atoms with Gasteiger partial charge in [-0.2, -0.15) is 0 Å². The van der Waals surface area contributed by atoms with E-state index in [1.807, 2.05) is 0 Å². The van der Waals surface area contributed by atoms with Gasteiger partial charge in [-0.15, -0.1) is 0 Å². The fraction of sp³-hybridized carbons (Fsp3) is 0.909. The van der Waals surface area contributed by atoms with Gasteiger partial charge in [0.2, 0.25) is 0 Å². The van der Waals surface area contributed by atoms with Crippen LogP contribution in [0, 0.1) is 40.4 Å². The van der Waals surface area contributed by atoms with E-state index in [1.54, 1.807) is 13.8 Å². The largest absolute Gasteiger partial charge is 0.469 e. The van der Waals surface area contributed by atoms with Crippen LogP contribution in [0.1, 0.15) is 73.6 Å². The lowest BCUT2D eigenvalue weighted by atomic mass is 9.64. The number of ether oxygens (including phenoxy) is 2. The maximum Gasteiger partial charge on any atom is 0.310 e. The van der Waals surface area contributed by atoms with Crippen LogP contribution in [0.4, 0.5) is 0 Å². The molecule has 1 spiro atoms. The zero-order chi connectivity index (χ0) is 19.5. The van der Waals surface area contributed by atoms with Crippen LogP contribution in [-0.2, 0) is 19.1 Å². The molecule has 26 heavy (non-hydrogen) atoms. The summed E-state index contributed by atoms with van der Waals surface area (Å²) in [6.45, 7) is 12.8. The molecule has 0 aromatic rings. The number of carbonyl (C=O) groups excluding carboxylic acids is 2. The molecular weight excluding hydrogens is 328 g/mol. The highest BCUT2D eigenvalue weighted by atomic mass is 16.6. The van der Waals surface area contributed by atoms with Gasteiger partial charge in [0, 0.05) is 5.92 Å². The van der Waals surface area contributed by atoms with Crippen LogP contribution in [0.3, 0.4) is 0 Å². The van der Waals surface area contributed by atoms with Crippen molar-refractivity contribution in [2.45, 2.75) is 79.2 Å². The van der Waals surface area contributed by atoms with Crippen molar-refractivity contribution in [2.24, 2.45) is 40.4 Å². The second-order valence-electron chi connectivity index (χ2n) is 10.2. The van der Waals surface area contributed by atoms with E-state index >= 15 is 0 Å². The van der Waals surface area contributed by atoms with E-state index in [0.717, 1.165) is 24.7 Å². The van der Waals surface area contributed by atoms with Gasteiger partial charge in [0.1, 0.15) is 5.60 Å². The molecule has 0 saturated heterocycles. The smallest absolute Gasteiger partial charge is 0.310 e. The first-order chi connectivity index (χ1) is 12.0. The molecular formula is C22H36O4. The Balaban J connectivity index is 1.79. The molecule has 0 aromatic carbocycles. The Hall–Kier alpha value is -1.06. The molecule has 2 bridgehead atoms. The highest BCUT2D eigenvalue weighted by Gasteiger charge is 2.69. The van der Waals surface area contributed by atoms with E-state index in [1.165, 1.54) is 26.4 Å². The molecule has 0 N–H and O–H groups in total. The van der Waals surface area contributed by atoms with Crippen molar-refractivity contribution in [3.05, 3.63) is 0 Å². The number of carbonyl (C=O) groups is 2. The SMILES string of the molecule is COC(=O)C(C)C(C)C(=O)O[C@]1(C)CCC23CC1C(C)(C)C2CCC3C. The van der Waals surface area contributed by atoms with Crippen LogP contribution in [0.15, 0.2) is 0 Å². The minimum absolute atomic E-state index is 0.188. The van der Waals surface area contributed by atoms with E-state index in [4.69, 9.17) is 9.47 Å². The molecule has 4 heteroatoms. The summed E-state index contributed by atoms with van der Waals surface area (Å²) in [7, 11) is 1.36. The van der Waals surface area contributed by atoms with Crippen LogP contribution in [0.25, 0.3) is 0 Å². The zero-order valence-corrected chi connectivity index (χ0v) is 17.6. The third-order valence-electron chi connectivity index (χ3n) is 8.80. The van der Waals surface area contributed by atoms with Crippen LogP contribution in [0.5, 0.6) is 0 Å². The first-order valence-corrected chi connectivity index (χ1v) is 10.3. The van der Waals surface area contributed by atoms with E-state index < -0.39 is 17.4 Å². The number of fused-ring (bicyclic) bond motifs is 1. The lowest BCUT2D eigenvalue weighted by Crippen LogP contribution is -2.48. The Morgan fingerprint density at radius 2 is 1.58 bits per heavy atom. The van der Waals surface area contributed by atoms with Crippen molar-refractivity contribution in [3.8, 4) is 0 Å². The van der Waals surface area contributed by atoms with Crippen molar-refractivity contribution >= 4 is 11.9 Å². The first kappa shape index (κ1) is 19.7. The third-order valence-corrected chi connectivity index (χ3v) is 8.80. The molecule has 4 nitrogen and oxygen atoms in total. The Kier molecular flexibility index (Phi) is 4.73. The minimum atomic E-state index is -0.488. The summed E-state index contributed by atoms with van der Waals surface area (Å²) in [6, 6.07) is 0. The average molecular weight is 365 g/mol. The van der Waals surface area contributed by atoms with Gasteiger partial charge in [-0.05, 0) is 61.7 Å². The molecule has 0 heterocycles. The summed E-state index contributed by atoms with van der Waals surface area (Å²) in [6.07, 6.45) is 5.92. The Morgan fingerprint density at radius 1 is 0.962 bits per heavy atom. The summed E-state index contributed by atoms with van der Waals surface area (Å²) in [4.78, 5) is 24.6. The summed E-state index contributed by atoms with van der Waals surface area (Å²) in [5, 5.41) is 0. The minimum Gasteiger partial charge on any atom is -0.469 e. The lowest BCUT2D eigenvalue weighted by Gasteiger charge is -2.47. The van der Waals surface area contributed by atoms with Gasteiger partial charge in [0.05, 0.1) is 18.9 Å². The highest BCUT2D eigenvalue weighted by molar-refractivity contribution is 5.81. The first-order valence-electron chi connectivity index (χ1n) is 10.3. The number of rotatable bonds is 4. The van der Waals surface area contributed by atoms with Gasteiger partial charge in [0.15, 0.2) is 0 Å². The van der Waals surface area contributed by atoms with Gasteiger partial charge >= 0.3 is 11.9 Å². The van der Waals surface area contributed by atoms with Crippen LogP contribution in [0.2, 0.25) is 0 Å². The van der Waals surface area contributed by atoms with Crippen LogP contribution < -0.4 is 0 Å². The number of methoxy groups -OCH3 is 1. The summed E-state index contributed by atoms with van der Waals surface area (Å²) < 4.78 is 11.0. The monoisotopic (exact) mass is 364 g/mol. The Morgan fingerprint density at radius 3 is 2.19 bits per heavy atom. The van der Waals surface area contributed by atoms with Crippen molar-refractivity contribution in [1.29, 1.82) is 0 Å². The van der Waals surface area contributed by atoms with E-state index in [0.29, 0.717) is 11.3 Å². The maximum atomic E-state index is 12.8. The molecule has 0 amide bonds. The van der Waals surface area contributed by atoms with Crippen molar-refractivity contribution in [2.75, 3.05) is 7.11 Å². The van der Waals surface area contributed by atoms with Gasteiger partial charge in [-0.25, -0.2) is 0 Å². The molecule has 6 unspecified atom stereocenters. The van der Waals surface area contributed by atoms with Crippen LogP contribution in [-0.4, -0.2) is 24.6 Å². The van der Waals surface area contributed by atoms with E-state index in [-0.39, 0.29) is 17.4 Å². The topological polar surface area (TPSA) is 52.6 Å². The van der Waals surface area contributed by atoms with E-state index in [9.17, 15) is 9.59 Å².